The molecule has 0 unspecified atom stereocenters. The van der Waals surface area contributed by atoms with Crippen LogP contribution in [0.2, 0.25) is 0 Å². The number of amides is 1. The van der Waals surface area contributed by atoms with Crippen molar-refractivity contribution >= 4 is 22.6 Å². The number of aryl methyl sites for hydroxylation is 1. The van der Waals surface area contributed by atoms with E-state index >= 15 is 0 Å². The van der Waals surface area contributed by atoms with E-state index in [2.05, 4.69) is 10.3 Å². The number of pyridine rings is 2. The molecule has 0 saturated carbocycles. The minimum atomic E-state index is -0.785. The number of carbonyl (C=O) groups excluding carboxylic acids is 2. The number of Topliss-reactive ketones (excluding diaryl/α,β-unsaturated/α-hetero) is 1. The Bertz CT molecular complexity index is 1070. The van der Waals surface area contributed by atoms with Gasteiger partial charge in [0.2, 0.25) is 0 Å². The Morgan fingerprint density at radius 1 is 1.23 bits per heavy atom. The van der Waals surface area contributed by atoms with E-state index in [4.69, 9.17) is 0 Å². The van der Waals surface area contributed by atoms with Crippen LogP contribution in [0.15, 0.2) is 47.5 Å². The van der Waals surface area contributed by atoms with E-state index in [1.807, 2.05) is 12.1 Å². The number of carbonyl (C=O) groups is 2. The van der Waals surface area contributed by atoms with Crippen LogP contribution in [0.4, 0.5) is 0 Å². The zero-order valence-corrected chi connectivity index (χ0v) is 14.3. The molecular formula is C19H17N3O4. The molecule has 7 heteroatoms. The van der Waals surface area contributed by atoms with Crippen LogP contribution >= 0.6 is 0 Å². The Labute approximate surface area is 148 Å². The van der Waals surface area contributed by atoms with E-state index in [-0.39, 0.29) is 17.9 Å². The molecule has 0 radical (unpaired) electrons. The molecule has 2 aromatic heterocycles. The molecule has 3 aromatic rings. The summed E-state index contributed by atoms with van der Waals surface area (Å²) in [4.78, 5) is 39.9. The molecule has 0 bridgehead atoms. The highest BCUT2D eigenvalue weighted by atomic mass is 16.3. The van der Waals surface area contributed by atoms with Crippen molar-refractivity contribution in [2.24, 2.45) is 7.05 Å². The zero-order chi connectivity index (χ0) is 18.8. The fraction of sp³-hybridized carbons (Fsp3) is 0.158. The van der Waals surface area contributed by atoms with Gasteiger partial charge in [-0.2, -0.15) is 0 Å². The minimum absolute atomic E-state index is 0.213. The van der Waals surface area contributed by atoms with Gasteiger partial charge in [0.15, 0.2) is 0 Å². The van der Waals surface area contributed by atoms with Gasteiger partial charge in [-0.25, -0.2) is 0 Å². The Balaban J connectivity index is 2.19. The maximum Gasteiger partial charge on any atom is 0.267 e. The van der Waals surface area contributed by atoms with Crippen LogP contribution in [0.1, 0.15) is 17.3 Å². The highest BCUT2D eigenvalue weighted by Crippen LogP contribution is 2.30. The van der Waals surface area contributed by atoms with Gasteiger partial charge in [0.1, 0.15) is 17.1 Å². The monoisotopic (exact) mass is 351 g/mol. The first kappa shape index (κ1) is 17.3. The first-order valence-corrected chi connectivity index (χ1v) is 7.94. The standard InChI is InChI=1S/C19H17N3O4/c1-11(23)9-21-18(25)16-17(24)14-8-12(13-4-3-7-20-10-13)5-6-15(14)22(2)19(16)26/h3-8,10,24H,9H2,1-2H3,(H,21,25). The van der Waals surface area contributed by atoms with E-state index in [1.54, 1.807) is 30.6 Å². The minimum Gasteiger partial charge on any atom is -0.506 e. The number of nitrogens with one attached hydrogen (secondary N) is 1. The molecule has 0 aliphatic heterocycles. The second-order valence-corrected chi connectivity index (χ2v) is 5.95. The third-order valence-corrected chi connectivity index (χ3v) is 4.09. The van der Waals surface area contributed by atoms with Gasteiger partial charge < -0.3 is 15.0 Å². The van der Waals surface area contributed by atoms with Crippen molar-refractivity contribution in [2.75, 3.05) is 6.54 Å². The average molecular weight is 351 g/mol. The molecule has 0 atom stereocenters. The normalized spacial score (nSPS) is 10.7. The second-order valence-electron chi connectivity index (χ2n) is 5.95. The molecule has 3 rings (SSSR count). The molecule has 0 fully saturated rings. The molecular weight excluding hydrogens is 334 g/mol. The summed E-state index contributed by atoms with van der Waals surface area (Å²) in [5.41, 5.74) is 1.10. The number of ketones is 1. The summed E-state index contributed by atoms with van der Waals surface area (Å²) in [6.07, 6.45) is 3.34. The molecule has 1 amide bonds. The van der Waals surface area contributed by atoms with E-state index in [1.165, 1.54) is 18.5 Å². The smallest absolute Gasteiger partial charge is 0.267 e. The van der Waals surface area contributed by atoms with Crippen LogP contribution in [-0.2, 0) is 11.8 Å². The summed E-state index contributed by atoms with van der Waals surface area (Å²) >= 11 is 0. The molecule has 132 valence electrons. The van der Waals surface area contributed by atoms with Gasteiger partial charge in [0.05, 0.1) is 12.1 Å². The maximum absolute atomic E-state index is 12.5. The highest BCUT2D eigenvalue weighted by molar-refractivity contribution is 6.04. The van der Waals surface area contributed by atoms with Gasteiger partial charge in [-0.15, -0.1) is 0 Å². The molecule has 2 N–H and O–H groups in total. The van der Waals surface area contributed by atoms with E-state index < -0.39 is 17.2 Å². The Morgan fingerprint density at radius 3 is 2.65 bits per heavy atom. The van der Waals surface area contributed by atoms with Crippen LogP contribution in [-0.4, -0.2) is 32.9 Å². The number of benzene rings is 1. The van der Waals surface area contributed by atoms with Gasteiger partial charge in [0.25, 0.3) is 11.5 Å². The van der Waals surface area contributed by atoms with Crippen molar-refractivity contribution < 1.29 is 14.7 Å². The average Bonchev–Trinajstić information content (AvgIpc) is 2.65. The molecule has 0 aliphatic rings. The van der Waals surface area contributed by atoms with E-state index in [0.717, 1.165) is 11.1 Å². The lowest BCUT2D eigenvalue weighted by Crippen LogP contribution is -2.34. The topological polar surface area (TPSA) is 101 Å². The van der Waals surface area contributed by atoms with Crippen molar-refractivity contribution in [2.45, 2.75) is 6.92 Å². The van der Waals surface area contributed by atoms with Crippen LogP contribution < -0.4 is 10.9 Å². The Kier molecular flexibility index (Phi) is 4.53. The molecule has 0 spiro atoms. The number of aromatic nitrogens is 2. The lowest BCUT2D eigenvalue weighted by Gasteiger charge is -2.13. The number of fused-ring (bicyclic) bond motifs is 1. The van der Waals surface area contributed by atoms with Crippen molar-refractivity contribution in [3.63, 3.8) is 0 Å². The third kappa shape index (κ3) is 3.06. The number of hydrogen-bond donors (Lipinski definition) is 2. The van der Waals surface area contributed by atoms with Crippen LogP contribution in [0.3, 0.4) is 0 Å². The highest BCUT2D eigenvalue weighted by Gasteiger charge is 2.21. The summed E-state index contributed by atoms with van der Waals surface area (Å²) in [5.74, 6) is -1.45. The van der Waals surface area contributed by atoms with Gasteiger partial charge in [0, 0.05) is 30.4 Å². The number of hydrogen-bond acceptors (Lipinski definition) is 5. The van der Waals surface area contributed by atoms with Gasteiger partial charge in [-0.1, -0.05) is 12.1 Å². The van der Waals surface area contributed by atoms with E-state index in [0.29, 0.717) is 10.9 Å². The summed E-state index contributed by atoms with van der Waals surface area (Å²) in [6, 6.07) is 8.88. The molecule has 1 aromatic carbocycles. The SMILES string of the molecule is CC(=O)CNC(=O)c1c(O)c2cc(-c3cccnc3)ccc2n(C)c1=O. The van der Waals surface area contributed by atoms with Crippen molar-refractivity contribution in [3.8, 4) is 16.9 Å². The first-order valence-electron chi connectivity index (χ1n) is 7.94. The predicted molar refractivity (Wildman–Crippen MR) is 97.1 cm³/mol. The molecule has 2 heterocycles. The maximum atomic E-state index is 12.5. The van der Waals surface area contributed by atoms with Crippen molar-refractivity contribution in [1.82, 2.24) is 14.9 Å². The number of aromatic hydroxyl groups is 1. The fourth-order valence-electron chi connectivity index (χ4n) is 2.74. The van der Waals surface area contributed by atoms with Crippen molar-refractivity contribution in [3.05, 3.63) is 58.6 Å². The molecule has 0 aliphatic carbocycles. The quantitative estimate of drug-likeness (QED) is 0.744. The molecule has 7 nitrogen and oxygen atoms in total. The van der Waals surface area contributed by atoms with Crippen molar-refractivity contribution in [1.29, 1.82) is 0 Å². The van der Waals surface area contributed by atoms with Crippen LogP contribution in [0, 0.1) is 0 Å². The Morgan fingerprint density at radius 2 is 2.00 bits per heavy atom. The van der Waals surface area contributed by atoms with Gasteiger partial charge in [-0.05, 0) is 30.7 Å². The number of rotatable bonds is 4. The summed E-state index contributed by atoms with van der Waals surface area (Å²) in [6.45, 7) is 1.11. The lowest BCUT2D eigenvalue weighted by atomic mass is 10.0. The zero-order valence-electron chi connectivity index (χ0n) is 14.3. The summed E-state index contributed by atoms with van der Waals surface area (Å²) < 4.78 is 1.30. The number of nitrogens with zero attached hydrogens (tertiary/aromatic N) is 2. The first-order chi connectivity index (χ1) is 12.4. The predicted octanol–water partition coefficient (Wildman–Crippen LogP) is 1.62. The van der Waals surface area contributed by atoms with Crippen LogP contribution in [0.25, 0.3) is 22.0 Å². The molecule has 0 saturated heterocycles. The van der Waals surface area contributed by atoms with Gasteiger partial charge >= 0.3 is 0 Å². The fourth-order valence-corrected chi connectivity index (χ4v) is 2.74. The molecule has 26 heavy (non-hydrogen) atoms. The van der Waals surface area contributed by atoms with Crippen LogP contribution in [0.5, 0.6) is 5.75 Å². The summed E-state index contributed by atoms with van der Waals surface area (Å²) in [7, 11) is 1.52. The largest absolute Gasteiger partial charge is 0.506 e. The third-order valence-electron chi connectivity index (χ3n) is 4.09. The second kappa shape index (κ2) is 6.79. The van der Waals surface area contributed by atoms with E-state index in [9.17, 15) is 19.5 Å². The Hall–Kier alpha value is -3.48. The van der Waals surface area contributed by atoms with Gasteiger partial charge in [-0.3, -0.25) is 19.4 Å². The lowest BCUT2D eigenvalue weighted by molar-refractivity contribution is -0.116. The summed E-state index contributed by atoms with van der Waals surface area (Å²) in [5, 5.41) is 13.3.